The molecule has 0 aliphatic heterocycles. The third-order valence-electron chi connectivity index (χ3n) is 4.21. The van der Waals surface area contributed by atoms with Gasteiger partial charge in [-0.2, -0.15) is 4.72 Å². The number of carbonyl (C=O) groups excluding carboxylic acids is 1. The molecule has 0 fully saturated rings. The summed E-state index contributed by atoms with van der Waals surface area (Å²) in [5, 5.41) is 3.27. The van der Waals surface area contributed by atoms with E-state index in [1.54, 1.807) is 30.3 Å². The summed E-state index contributed by atoms with van der Waals surface area (Å²) in [6.45, 7) is 0. The van der Waals surface area contributed by atoms with E-state index in [0.717, 1.165) is 9.13 Å². The Labute approximate surface area is 202 Å². The maximum absolute atomic E-state index is 13.0. The van der Waals surface area contributed by atoms with Gasteiger partial charge in [0.1, 0.15) is 6.04 Å². The molecule has 0 spiro atoms. The molecule has 3 rings (SSSR count). The zero-order chi connectivity index (χ0) is 21.7. The number of carbonyl (C=O) groups is 1. The summed E-state index contributed by atoms with van der Waals surface area (Å²) >= 11 is 11.4. The second-order valence-electron chi connectivity index (χ2n) is 6.44. The first-order valence-corrected chi connectivity index (χ1v) is 12.6. The fourth-order valence-electron chi connectivity index (χ4n) is 2.71. The Balaban J connectivity index is 1.86. The summed E-state index contributed by atoms with van der Waals surface area (Å²) in [4.78, 5) is 13.1. The lowest BCUT2D eigenvalue weighted by Crippen LogP contribution is -2.45. The zero-order valence-corrected chi connectivity index (χ0v) is 20.8. The van der Waals surface area contributed by atoms with Crippen molar-refractivity contribution in [3.05, 3.63) is 91.4 Å². The van der Waals surface area contributed by atoms with Crippen molar-refractivity contribution in [1.82, 2.24) is 4.72 Å². The van der Waals surface area contributed by atoms with E-state index in [-0.39, 0.29) is 11.3 Å². The second-order valence-corrected chi connectivity index (χ2v) is 10.7. The number of halogens is 3. The van der Waals surface area contributed by atoms with Gasteiger partial charge in [0.2, 0.25) is 15.9 Å². The Kier molecular flexibility index (Phi) is 7.92. The van der Waals surface area contributed by atoms with E-state index in [1.165, 1.54) is 12.1 Å². The van der Waals surface area contributed by atoms with Crippen molar-refractivity contribution in [1.29, 1.82) is 0 Å². The predicted octanol–water partition coefficient (Wildman–Crippen LogP) is 5.24. The average Bonchev–Trinajstić information content (AvgIpc) is 2.71. The predicted molar refractivity (Wildman–Crippen MR) is 131 cm³/mol. The van der Waals surface area contributed by atoms with Crippen molar-refractivity contribution in [2.24, 2.45) is 0 Å². The van der Waals surface area contributed by atoms with Crippen LogP contribution >= 0.6 is 50.1 Å². The minimum atomic E-state index is -3.89. The molecule has 30 heavy (non-hydrogen) atoms. The molecule has 9 heteroatoms. The third-order valence-corrected chi connectivity index (χ3v) is 7.63. The number of hydrogen-bond acceptors (Lipinski definition) is 3. The first-order chi connectivity index (χ1) is 14.2. The van der Waals surface area contributed by atoms with Crippen molar-refractivity contribution in [2.75, 3.05) is 5.32 Å². The molecule has 3 aromatic carbocycles. The molecule has 2 N–H and O–H groups in total. The quantitative estimate of drug-likeness (QED) is 0.356. The fourth-order valence-corrected chi connectivity index (χ4v) is 4.76. The van der Waals surface area contributed by atoms with E-state index >= 15 is 0 Å². The summed E-state index contributed by atoms with van der Waals surface area (Å²) in [6, 6.07) is 19.6. The van der Waals surface area contributed by atoms with Crippen LogP contribution in [0.25, 0.3) is 0 Å². The lowest BCUT2D eigenvalue weighted by Gasteiger charge is -2.19. The van der Waals surface area contributed by atoms with E-state index in [4.69, 9.17) is 11.6 Å². The lowest BCUT2D eigenvalue weighted by atomic mass is 10.1. The van der Waals surface area contributed by atoms with Crippen LogP contribution < -0.4 is 10.0 Å². The van der Waals surface area contributed by atoms with Crippen LogP contribution in [0.2, 0.25) is 5.02 Å². The highest BCUT2D eigenvalue weighted by atomic mass is 127. The maximum atomic E-state index is 13.0. The molecule has 0 radical (unpaired) electrons. The van der Waals surface area contributed by atoms with Gasteiger partial charge in [-0.3, -0.25) is 4.79 Å². The Morgan fingerprint density at radius 3 is 2.33 bits per heavy atom. The molecule has 0 saturated carbocycles. The first kappa shape index (κ1) is 23.2. The molecule has 0 heterocycles. The van der Waals surface area contributed by atoms with Gasteiger partial charge in [0.05, 0.1) is 9.92 Å². The number of amides is 1. The highest BCUT2D eigenvalue weighted by Crippen LogP contribution is 2.25. The molecule has 0 aliphatic rings. The second kappa shape index (κ2) is 10.2. The summed E-state index contributed by atoms with van der Waals surface area (Å²) < 4.78 is 29.8. The monoisotopic (exact) mass is 618 g/mol. The van der Waals surface area contributed by atoms with Crippen LogP contribution in [-0.4, -0.2) is 20.4 Å². The largest absolute Gasteiger partial charge is 0.325 e. The van der Waals surface area contributed by atoms with Crippen LogP contribution in [0.5, 0.6) is 0 Å². The van der Waals surface area contributed by atoms with E-state index in [1.807, 2.05) is 30.3 Å². The normalized spacial score (nSPS) is 12.4. The van der Waals surface area contributed by atoms with Gasteiger partial charge in [0.25, 0.3) is 0 Å². The molecule has 5 nitrogen and oxygen atoms in total. The molecule has 0 saturated heterocycles. The number of anilines is 1. The van der Waals surface area contributed by atoms with E-state index < -0.39 is 22.0 Å². The highest BCUT2D eigenvalue weighted by molar-refractivity contribution is 14.1. The third kappa shape index (κ3) is 6.27. The smallest absolute Gasteiger partial charge is 0.242 e. The minimum Gasteiger partial charge on any atom is -0.325 e. The number of benzene rings is 3. The number of sulfonamides is 1. The van der Waals surface area contributed by atoms with Crippen molar-refractivity contribution in [3.8, 4) is 0 Å². The van der Waals surface area contributed by atoms with Gasteiger partial charge in [0, 0.05) is 13.7 Å². The molecule has 0 aliphatic carbocycles. The first-order valence-electron chi connectivity index (χ1n) is 8.82. The SMILES string of the molecule is O=C(Nc1ccc(Cl)c(Br)c1)[C@H](Cc1ccccc1)NS(=O)(=O)c1ccc(I)cc1. The van der Waals surface area contributed by atoms with Crippen molar-refractivity contribution in [2.45, 2.75) is 17.4 Å². The zero-order valence-electron chi connectivity index (χ0n) is 15.5. The van der Waals surface area contributed by atoms with Crippen LogP contribution in [0.3, 0.4) is 0 Å². The lowest BCUT2D eigenvalue weighted by molar-refractivity contribution is -0.117. The van der Waals surface area contributed by atoms with Gasteiger partial charge >= 0.3 is 0 Å². The molecule has 1 amide bonds. The van der Waals surface area contributed by atoms with Crippen LogP contribution in [0, 0.1) is 3.57 Å². The van der Waals surface area contributed by atoms with Gasteiger partial charge < -0.3 is 5.32 Å². The average molecular weight is 620 g/mol. The highest BCUT2D eigenvalue weighted by Gasteiger charge is 2.26. The van der Waals surface area contributed by atoms with Gasteiger partial charge in [-0.15, -0.1) is 0 Å². The molecule has 156 valence electrons. The maximum Gasteiger partial charge on any atom is 0.242 e. The van der Waals surface area contributed by atoms with Crippen LogP contribution in [0.1, 0.15) is 5.56 Å². The fraction of sp³-hybridized carbons (Fsp3) is 0.0952. The standard InChI is InChI=1S/C21H17BrClIN2O3S/c22-18-13-16(8-11-19(18)23)25-21(27)20(12-14-4-2-1-3-5-14)26-30(28,29)17-9-6-15(24)7-10-17/h1-11,13,20,26H,12H2,(H,25,27)/t20-/m0/s1. The molecular weight excluding hydrogens is 603 g/mol. The summed E-state index contributed by atoms with van der Waals surface area (Å²) in [6.07, 6.45) is 0.199. The molecule has 0 aromatic heterocycles. The van der Waals surface area contributed by atoms with Crippen molar-refractivity contribution < 1.29 is 13.2 Å². The van der Waals surface area contributed by atoms with E-state index in [9.17, 15) is 13.2 Å². The Morgan fingerprint density at radius 2 is 1.70 bits per heavy atom. The Bertz CT molecular complexity index is 1140. The van der Waals surface area contributed by atoms with Gasteiger partial charge in [-0.25, -0.2) is 8.42 Å². The summed E-state index contributed by atoms with van der Waals surface area (Å²) in [5.74, 6) is -0.470. The van der Waals surface area contributed by atoms with Gasteiger partial charge in [-0.05, 0) is 93.0 Å². The summed E-state index contributed by atoms with van der Waals surface area (Å²) in [5.41, 5.74) is 1.34. The van der Waals surface area contributed by atoms with Crippen LogP contribution in [0.15, 0.2) is 82.2 Å². The summed E-state index contributed by atoms with van der Waals surface area (Å²) in [7, 11) is -3.89. The van der Waals surface area contributed by atoms with Crippen molar-refractivity contribution >= 4 is 71.7 Å². The topological polar surface area (TPSA) is 75.3 Å². The van der Waals surface area contributed by atoms with Crippen molar-refractivity contribution in [3.63, 3.8) is 0 Å². The Hall–Kier alpha value is -1.46. The molecule has 1 atom stereocenters. The number of nitrogens with one attached hydrogen (secondary N) is 2. The van der Waals surface area contributed by atoms with Crippen LogP contribution in [-0.2, 0) is 21.2 Å². The van der Waals surface area contributed by atoms with Gasteiger partial charge in [0.15, 0.2) is 0 Å². The molecule has 3 aromatic rings. The minimum absolute atomic E-state index is 0.100. The van der Waals surface area contributed by atoms with Crippen LogP contribution in [0.4, 0.5) is 5.69 Å². The number of hydrogen-bond donors (Lipinski definition) is 2. The van der Waals surface area contributed by atoms with E-state index in [2.05, 4.69) is 48.6 Å². The molecule has 0 bridgehead atoms. The Morgan fingerprint density at radius 1 is 1.03 bits per heavy atom. The number of rotatable bonds is 7. The molecule has 0 unspecified atom stereocenters. The van der Waals surface area contributed by atoms with Gasteiger partial charge in [-0.1, -0.05) is 41.9 Å². The molecular formula is C21H17BrClIN2O3S. The van der Waals surface area contributed by atoms with E-state index in [0.29, 0.717) is 15.2 Å².